The molecule has 1 N–H and O–H groups in total. The highest BCUT2D eigenvalue weighted by Gasteiger charge is 2.16. The molecule has 0 fully saturated rings. The summed E-state index contributed by atoms with van der Waals surface area (Å²) in [6.07, 6.45) is 9.36. The van der Waals surface area contributed by atoms with Crippen molar-refractivity contribution in [2.75, 3.05) is 5.32 Å². The van der Waals surface area contributed by atoms with Crippen molar-refractivity contribution in [3.8, 4) is 0 Å². The van der Waals surface area contributed by atoms with Crippen LogP contribution in [0.1, 0.15) is 68.6 Å². The van der Waals surface area contributed by atoms with Gasteiger partial charge in [-0.05, 0) is 30.7 Å². The van der Waals surface area contributed by atoms with Gasteiger partial charge in [0.25, 0.3) is 0 Å². The average Bonchev–Trinajstić information content (AvgIpc) is 2.65. The Morgan fingerprint density at radius 1 is 0.880 bits per heavy atom. The van der Waals surface area contributed by atoms with Gasteiger partial charge in [-0.3, -0.25) is 4.79 Å². The lowest BCUT2D eigenvalue weighted by Gasteiger charge is -2.21. The first-order chi connectivity index (χ1) is 12.3. The standard InChI is InChI=1S/C22H27NOS/c1-2-3-4-5-6-7-8-12-20(24)17-14-15-22-19(16-17)23-18-11-9-10-13-21(18)25-22/h9-11,13-16,23H,2-8,12H2,1H3. The number of fused-ring (bicyclic) bond motifs is 2. The van der Waals surface area contributed by atoms with Crippen molar-refractivity contribution in [1.82, 2.24) is 0 Å². The van der Waals surface area contributed by atoms with Gasteiger partial charge in [-0.25, -0.2) is 0 Å². The van der Waals surface area contributed by atoms with Crippen LogP contribution in [0.25, 0.3) is 0 Å². The molecule has 2 aromatic carbocycles. The van der Waals surface area contributed by atoms with E-state index < -0.39 is 0 Å². The van der Waals surface area contributed by atoms with E-state index in [2.05, 4.69) is 36.5 Å². The van der Waals surface area contributed by atoms with Gasteiger partial charge in [0.05, 0.1) is 11.4 Å². The maximum atomic E-state index is 12.5. The van der Waals surface area contributed by atoms with Crippen molar-refractivity contribution in [3.05, 3.63) is 48.0 Å². The van der Waals surface area contributed by atoms with Crippen molar-refractivity contribution >= 4 is 28.9 Å². The fourth-order valence-electron chi connectivity index (χ4n) is 3.20. The Morgan fingerprint density at radius 2 is 1.60 bits per heavy atom. The van der Waals surface area contributed by atoms with Gasteiger partial charge >= 0.3 is 0 Å². The molecule has 0 aliphatic carbocycles. The zero-order valence-corrected chi connectivity index (χ0v) is 15.8. The van der Waals surface area contributed by atoms with Crippen molar-refractivity contribution in [2.45, 2.75) is 68.1 Å². The number of benzene rings is 2. The van der Waals surface area contributed by atoms with Crippen LogP contribution in [-0.4, -0.2) is 5.78 Å². The quantitative estimate of drug-likeness (QED) is 0.325. The summed E-state index contributed by atoms with van der Waals surface area (Å²) in [7, 11) is 0. The van der Waals surface area contributed by atoms with Gasteiger partial charge in [0.2, 0.25) is 0 Å². The fourth-order valence-corrected chi connectivity index (χ4v) is 4.17. The van der Waals surface area contributed by atoms with E-state index in [1.165, 1.54) is 48.3 Å². The number of carbonyl (C=O) groups is 1. The van der Waals surface area contributed by atoms with E-state index in [4.69, 9.17) is 0 Å². The number of hydrogen-bond acceptors (Lipinski definition) is 3. The van der Waals surface area contributed by atoms with Crippen molar-refractivity contribution < 1.29 is 4.79 Å². The monoisotopic (exact) mass is 353 g/mol. The van der Waals surface area contributed by atoms with Gasteiger partial charge in [-0.2, -0.15) is 0 Å². The zero-order valence-electron chi connectivity index (χ0n) is 15.0. The molecule has 25 heavy (non-hydrogen) atoms. The number of nitrogens with one attached hydrogen (secondary N) is 1. The molecule has 0 radical (unpaired) electrons. The highest BCUT2D eigenvalue weighted by Crippen LogP contribution is 2.44. The molecule has 0 saturated carbocycles. The molecular weight excluding hydrogens is 326 g/mol. The Kier molecular flexibility index (Phi) is 6.57. The number of ketones is 1. The van der Waals surface area contributed by atoms with Gasteiger partial charge in [-0.1, -0.05) is 75.4 Å². The van der Waals surface area contributed by atoms with Crippen LogP contribution < -0.4 is 5.32 Å². The molecule has 0 spiro atoms. The Labute approximate surface area is 155 Å². The van der Waals surface area contributed by atoms with Crippen LogP contribution in [0, 0.1) is 0 Å². The summed E-state index contributed by atoms with van der Waals surface area (Å²) in [6.45, 7) is 2.24. The van der Waals surface area contributed by atoms with E-state index in [9.17, 15) is 4.79 Å². The van der Waals surface area contributed by atoms with E-state index >= 15 is 0 Å². The minimum Gasteiger partial charge on any atom is -0.354 e. The summed E-state index contributed by atoms with van der Waals surface area (Å²) >= 11 is 1.76. The van der Waals surface area contributed by atoms with Crippen LogP contribution in [0.2, 0.25) is 0 Å². The zero-order chi connectivity index (χ0) is 17.5. The minimum atomic E-state index is 0.266. The summed E-state index contributed by atoms with van der Waals surface area (Å²) in [4.78, 5) is 14.9. The van der Waals surface area contributed by atoms with Crippen molar-refractivity contribution in [3.63, 3.8) is 0 Å². The second kappa shape index (κ2) is 9.10. The Morgan fingerprint density at radius 3 is 2.44 bits per heavy atom. The number of para-hydroxylation sites is 1. The molecule has 0 amide bonds. The first-order valence-corrected chi connectivity index (χ1v) is 10.3. The molecule has 1 aliphatic rings. The van der Waals surface area contributed by atoms with E-state index in [0.717, 1.165) is 23.4 Å². The number of unbranched alkanes of at least 4 members (excludes halogenated alkanes) is 6. The van der Waals surface area contributed by atoms with Crippen molar-refractivity contribution in [2.24, 2.45) is 0 Å². The third-order valence-corrected chi connectivity index (χ3v) is 5.84. The SMILES string of the molecule is CCCCCCCCCC(=O)c1ccc2c(c1)Nc1ccccc1S2. The third-order valence-electron chi connectivity index (χ3n) is 4.69. The van der Waals surface area contributed by atoms with Gasteiger partial charge in [-0.15, -0.1) is 0 Å². The van der Waals surface area contributed by atoms with Crippen molar-refractivity contribution in [1.29, 1.82) is 0 Å². The van der Waals surface area contributed by atoms with Crippen LogP contribution in [0.5, 0.6) is 0 Å². The minimum absolute atomic E-state index is 0.266. The molecule has 0 bridgehead atoms. The van der Waals surface area contributed by atoms with E-state index in [1.54, 1.807) is 11.8 Å². The normalized spacial score (nSPS) is 12.2. The summed E-state index contributed by atoms with van der Waals surface area (Å²) < 4.78 is 0. The van der Waals surface area contributed by atoms with E-state index in [0.29, 0.717) is 6.42 Å². The number of rotatable bonds is 9. The highest BCUT2D eigenvalue weighted by atomic mass is 32.2. The molecule has 2 nitrogen and oxygen atoms in total. The first-order valence-electron chi connectivity index (χ1n) is 9.49. The maximum absolute atomic E-state index is 12.5. The molecular formula is C22H27NOS. The number of anilines is 2. The molecule has 0 atom stereocenters. The molecule has 0 unspecified atom stereocenters. The van der Waals surface area contributed by atoms with Gasteiger partial charge in [0.1, 0.15) is 0 Å². The maximum Gasteiger partial charge on any atom is 0.162 e. The fraction of sp³-hybridized carbons (Fsp3) is 0.409. The second-order valence-electron chi connectivity index (χ2n) is 6.73. The van der Waals surface area contributed by atoms with Crippen LogP contribution in [-0.2, 0) is 0 Å². The lowest BCUT2D eigenvalue weighted by Crippen LogP contribution is -2.04. The Hall–Kier alpha value is -1.74. The molecule has 0 aromatic heterocycles. The molecule has 3 rings (SSSR count). The number of Topliss-reactive ketones (excluding diaryl/α,β-unsaturated/α-hetero) is 1. The van der Waals surface area contributed by atoms with Crippen LogP contribution >= 0.6 is 11.8 Å². The van der Waals surface area contributed by atoms with E-state index in [-0.39, 0.29) is 5.78 Å². The smallest absolute Gasteiger partial charge is 0.162 e. The lowest BCUT2D eigenvalue weighted by atomic mass is 10.0. The molecule has 1 aliphatic heterocycles. The summed E-state index contributed by atoms with van der Waals surface area (Å²) in [5.74, 6) is 0.266. The second-order valence-corrected chi connectivity index (χ2v) is 7.81. The predicted octanol–water partition coefficient (Wildman–Crippen LogP) is 7.22. The molecule has 0 saturated heterocycles. The summed E-state index contributed by atoms with van der Waals surface area (Å²) in [5.41, 5.74) is 3.00. The third kappa shape index (κ3) is 4.88. The van der Waals surface area contributed by atoms with Gasteiger partial charge in [0, 0.05) is 21.8 Å². The summed E-state index contributed by atoms with van der Waals surface area (Å²) in [6, 6.07) is 14.4. The largest absolute Gasteiger partial charge is 0.354 e. The van der Waals surface area contributed by atoms with Crippen LogP contribution in [0.4, 0.5) is 11.4 Å². The average molecular weight is 354 g/mol. The topological polar surface area (TPSA) is 29.1 Å². The van der Waals surface area contributed by atoms with Crippen LogP contribution in [0.15, 0.2) is 52.3 Å². The molecule has 2 aromatic rings. The number of carbonyl (C=O) groups excluding carboxylic acids is 1. The van der Waals surface area contributed by atoms with Crippen LogP contribution in [0.3, 0.4) is 0 Å². The number of hydrogen-bond donors (Lipinski definition) is 1. The van der Waals surface area contributed by atoms with Gasteiger partial charge < -0.3 is 5.32 Å². The first kappa shape index (κ1) is 18.1. The Bertz CT molecular complexity index is 726. The molecule has 3 heteroatoms. The predicted molar refractivity (Wildman–Crippen MR) is 107 cm³/mol. The van der Waals surface area contributed by atoms with E-state index in [1.807, 2.05) is 18.2 Å². The highest BCUT2D eigenvalue weighted by molar-refractivity contribution is 7.99. The summed E-state index contributed by atoms with van der Waals surface area (Å²) in [5, 5.41) is 3.46. The Balaban J connectivity index is 1.51. The molecule has 1 heterocycles. The molecule has 132 valence electrons. The lowest BCUT2D eigenvalue weighted by molar-refractivity contribution is 0.0979. The van der Waals surface area contributed by atoms with Gasteiger partial charge in [0.15, 0.2) is 5.78 Å².